The molecule has 1 saturated heterocycles. The van der Waals surface area contributed by atoms with Crippen LogP contribution in [0.25, 0.3) is 0 Å². The lowest BCUT2D eigenvalue weighted by atomic mass is 9.70. The molecular weight excluding hydrogens is 359 g/mol. The first-order valence-corrected chi connectivity index (χ1v) is 9.96. The van der Waals surface area contributed by atoms with Gasteiger partial charge in [0.15, 0.2) is 0 Å². The number of para-hydroxylation sites is 1. The second kappa shape index (κ2) is 6.74. The number of amidine groups is 1. The van der Waals surface area contributed by atoms with E-state index in [-0.39, 0.29) is 10.9 Å². The maximum atomic E-state index is 12.8. The molecule has 0 spiro atoms. The largest absolute Gasteiger partial charge is 0.467 e. The van der Waals surface area contributed by atoms with E-state index in [1.54, 1.807) is 41.5 Å². The molecule has 1 fully saturated rings. The average Bonchev–Trinajstić information content (AvgIpc) is 3.18. The van der Waals surface area contributed by atoms with Crippen LogP contribution in [0.5, 0.6) is 0 Å². The highest BCUT2D eigenvalue weighted by Crippen LogP contribution is 2.46. The standard InChI is InChI=1S/C20H17BN2O3S/c1-14-9-11-16(12-10-14)27(24,25)22-20-18(21)19(17-8-5-13-26-17)23(20)15-6-3-2-4-7-15/h2-13,18-19H,1H3/b22-20-/t18-,19-/m1/s1. The van der Waals surface area contributed by atoms with Gasteiger partial charge in [0, 0.05) is 11.5 Å². The van der Waals surface area contributed by atoms with E-state index in [1.165, 1.54) is 0 Å². The second-order valence-corrected chi connectivity index (χ2v) is 8.03. The van der Waals surface area contributed by atoms with E-state index in [1.807, 2.05) is 43.3 Å². The van der Waals surface area contributed by atoms with Gasteiger partial charge in [-0.25, -0.2) is 0 Å². The van der Waals surface area contributed by atoms with Crippen molar-refractivity contribution in [2.75, 3.05) is 4.90 Å². The van der Waals surface area contributed by atoms with Gasteiger partial charge in [-0.3, -0.25) is 0 Å². The number of sulfonamides is 1. The van der Waals surface area contributed by atoms with Crippen molar-refractivity contribution in [2.45, 2.75) is 23.7 Å². The number of anilines is 1. The van der Waals surface area contributed by atoms with E-state index in [0.717, 1.165) is 11.3 Å². The fraction of sp³-hybridized carbons (Fsp3) is 0.150. The Bertz CT molecular complexity index is 1060. The summed E-state index contributed by atoms with van der Waals surface area (Å²) in [7, 11) is 2.43. The number of furan rings is 1. The highest BCUT2D eigenvalue weighted by atomic mass is 32.2. The van der Waals surface area contributed by atoms with Crippen LogP contribution in [0.3, 0.4) is 0 Å². The van der Waals surface area contributed by atoms with Gasteiger partial charge in [0.1, 0.15) is 11.6 Å². The fourth-order valence-electron chi connectivity index (χ4n) is 3.16. The summed E-state index contributed by atoms with van der Waals surface area (Å²) < 4.78 is 35.1. The van der Waals surface area contributed by atoms with E-state index >= 15 is 0 Å². The number of hydrogen-bond acceptors (Lipinski definition) is 3. The van der Waals surface area contributed by atoms with E-state index in [2.05, 4.69) is 4.40 Å². The SMILES string of the molecule is [B][C@H]1/C(=N/S(=O)(=O)c2ccc(C)cc2)N(c2ccccc2)[C@@H]1c1ccco1. The molecule has 3 aromatic rings. The molecular formula is C20H17BN2O3S. The minimum atomic E-state index is -3.87. The van der Waals surface area contributed by atoms with E-state index in [9.17, 15) is 8.42 Å². The molecule has 0 aliphatic carbocycles. The summed E-state index contributed by atoms with van der Waals surface area (Å²) in [6.07, 6.45) is 1.57. The summed E-state index contributed by atoms with van der Waals surface area (Å²) in [4.78, 5) is 1.94. The highest BCUT2D eigenvalue weighted by Gasteiger charge is 2.46. The minimum absolute atomic E-state index is 0.141. The van der Waals surface area contributed by atoms with Gasteiger partial charge >= 0.3 is 0 Å². The van der Waals surface area contributed by atoms with Crippen molar-refractivity contribution in [2.24, 2.45) is 4.40 Å². The van der Waals surface area contributed by atoms with Crippen molar-refractivity contribution in [3.8, 4) is 0 Å². The van der Waals surface area contributed by atoms with Gasteiger partial charge < -0.3 is 9.32 Å². The quantitative estimate of drug-likeness (QED) is 0.648. The zero-order chi connectivity index (χ0) is 19.0. The molecule has 27 heavy (non-hydrogen) atoms. The Hall–Kier alpha value is -2.80. The van der Waals surface area contributed by atoms with Crippen LogP contribution < -0.4 is 4.90 Å². The van der Waals surface area contributed by atoms with Crippen LogP contribution in [-0.4, -0.2) is 22.1 Å². The van der Waals surface area contributed by atoms with Crippen molar-refractivity contribution in [3.05, 3.63) is 84.3 Å². The van der Waals surface area contributed by atoms with Crippen LogP contribution in [0.4, 0.5) is 5.69 Å². The molecule has 4 rings (SSSR count). The third-order valence-electron chi connectivity index (χ3n) is 4.56. The van der Waals surface area contributed by atoms with Gasteiger partial charge in [-0.15, -0.1) is 4.40 Å². The number of hydrogen-bond donors (Lipinski definition) is 0. The molecule has 0 N–H and O–H groups in total. The highest BCUT2D eigenvalue weighted by molar-refractivity contribution is 7.90. The predicted molar refractivity (Wildman–Crippen MR) is 106 cm³/mol. The van der Waals surface area contributed by atoms with E-state index in [0.29, 0.717) is 11.6 Å². The third-order valence-corrected chi connectivity index (χ3v) is 5.86. The first-order chi connectivity index (χ1) is 13.0. The number of rotatable bonds is 4. The van der Waals surface area contributed by atoms with Crippen molar-refractivity contribution < 1.29 is 12.8 Å². The Morgan fingerprint density at radius 3 is 2.33 bits per heavy atom. The van der Waals surface area contributed by atoms with Gasteiger partial charge in [0.2, 0.25) is 0 Å². The van der Waals surface area contributed by atoms with E-state index in [4.69, 9.17) is 12.3 Å². The molecule has 5 nitrogen and oxygen atoms in total. The Morgan fingerprint density at radius 2 is 1.70 bits per heavy atom. The first-order valence-electron chi connectivity index (χ1n) is 8.52. The van der Waals surface area contributed by atoms with Crippen molar-refractivity contribution >= 4 is 29.4 Å². The van der Waals surface area contributed by atoms with Gasteiger partial charge in [0.25, 0.3) is 10.0 Å². The molecule has 134 valence electrons. The topological polar surface area (TPSA) is 62.9 Å². The molecule has 0 amide bonds. The summed E-state index contributed by atoms with van der Waals surface area (Å²) >= 11 is 0. The maximum Gasteiger partial charge on any atom is 0.283 e. The molecule has 2 radical (unpaired) electrons. The Labute approximate surface area is 159 Å². The molecule has 2 aromatic carbocycles. The summed E-state index contributed by atoms with van der Waals surface area (Å²) in [6.45, 7) is 1.90. The number of aryl methyl sites for hydroxylation is 1. The molecule has 1 aromatic heterocycles. The summed E-state index contributed by atoms with van der Waals surface area (Å²) in [5.41, 5.74) is 1.78. The van der Waals surface area contributed by atoms with Crippen LogP contribution in [0.2, 0.25) is 5.82 Å². The summed E-state index contributed by atoms with van der Waals surface area (Å²) in [6, 6.07) is 19.3. The normalized spacial score (nSPS) is 21.2. The Kier molecular flexibility index (Phi) is 4.40. The van der Waals surface area contributed by atoms with Crippen LogP contribution in [-0.2, 0) is 10.0 Å². The fourth-order valence-corrected chi connectivity index (χ4v) is 4.20. The Balaban J connectivity index is 1.76. The molecule has 7 heteroatoms. The smallest absolute Gasteiger partial charge is 0.283 e. The van der Waals surface area contributed by atoms with E-state index < -0.39 is 15.8 Å². The summed E-state index contributed by atoms with van der Waals surface area (Å²) in [5, 5.41) is 0. The van der Waals surface area contributed by atoms with Crippen LogP contribution in [0, 0.1) is 6.92 Å². The zero-order valence-electron chi connectivity index (χ0n) is 14.7. The summed E-state index contributed by atoms with van der Waals surface area (Å²) in [5.74, 6) is 0.373. The molecule has 2 heterocycles. The first kappa shape index (κ1) is 17.6. The molecule has 0 unspecified atom stereocenters. The van der Waals surface area contributed by atoms with Gasteiger partial charge in [-0.05, 0) is 43.3 Å². The van der Waals surface area contributed by atoms with Crippen LogP contribution in [0.1, 0.15) is 17.4 Å². The molecule has 1 aliphatic heterocycles. The second-order valence-electron chi connectivity index (χ2n) is 6.43. The van der Waals surface area contributed by atoms with Crippen LogP contribution >= 0.6 is 0 Å². The molecule has 0 saturated carbocycles. The third kappa shape index (κ3) is 3.19. The lowest BCUT2D eigenvalue weighted by Crippen LogP contribution is -2.52. The number of nitrogens with zero attached hydrogens (tertiary/aromatic N) is 2. The van der Waals surface area contributed by atoms with Crippen LogP contribution in [0.15, 0.2) is 86.7 Å². The van der Waals surface area contributed by atoms with Crippen molar-refractivity contribution in [3.63, 3.8) is 0 Å². The van der Waals surface area contributed by atoms with Gasteiger partial charge in [-0.2, -0.15) is 8.42 Å². The van der Waals surface area contributed by atoms with Gasteiger partial charge in [-0.1, -0.05) is 35.9 Å². The minimum Gasteiger partial charge on any atom is -0.467 e. The van der Waals surface area contributed by atoms with Gasteiger partial charge in [0.05, 0.1) is 25.0 Å². The molecule has 0 bridgehead atoms. The molecule has 2 atom stereocenters. The predicted octanol–water partition coefficient (Wildman–Crippen LogP) is 3.89. The van der Waals surface area contributed by atoms with Crippen molar-refractivity contribution in [1.29, 1.82) is 0 Å². The average molecular weight is 376 g/mol. The van der Waals surface area contributed by atoms with Crippen molar-refractivity contribution in [1.82, 2.24) is 0 Å². The number of benzene rings is 2. The Morgan fingerprint density at radius 1 is 1.00 bits per heavy atom. The lowest BCUT2D eigenvalue weighted by molar-refractivity contribution is 0.449. The zero-order valence-corrected chi connectivity index (χ0v) is 15.5. The lowest BCUT2D eigenvalue weighted by Gasteiger charge is -2.48. The molecule has 1 aliphatic rings. The monoisotopic (exact) mass is 376 g/mol. The maximum absolute atomic E-state index is 12.8.